The standard InChI is InChI=1S/C58H38N2O/c1-4-15-39(16-5-1)41-29-33-44(34-30-41)59(45-35-31-42(32-36-45)40-17-6-2-7-18-40)54-28-14-25-51-57-49-23-12-22-46(47(49)37-38-55(57)61-58(51)54)48-24-13-27-53-56(48)50-21-10-11-26-52(50)60(53)43-19-8-3-9-20-43/h1-38H. The van der Waals surface area contributed by atoms with E-state index in [0.717, 1.165) is 44.7 Å². The molecular weight excluding hydrogens is 741 g/mol. The molecule has 0 radical (unpaired) electrons. The molecule has 0 fully saturated rings. The normalized spacial score (nSPS) is 11.6. The zero-order chi connectivity index (χ0) is 40.3. The Morgan fingerprint density at radius 3 is 1.54 bits per heavy atom. The van der Waals surface area contributed by atoms with E-state index in [-0.39, 0.29) is 0 Å². The lowest BCUT2D eigenvalue weighted by atomic mass is 9.93. The number of hydrogen-bond donors (Lipinski definition) is 0. The van der Waals surface area contributed by atoms with E-state index in [9.17, 15) is 0 Å². The predicted octanol–water partition coefficient (Wildman–Crippen LogP) is 16.3. The molecule has 0 bridgehead atoms. The summed E-state index contributed by atoms with van der Waals surface area (Å²) in [6.45, 7) is 0. The second-order valence-corrected chi connectivity index (χ2v) is 15.6. The smallest absolute Gasteiger partial charge is 0.159 e. The fraction of sp³-hybridized carbons (Fsp3) is 0. The van der Waals surface area contributed by atoms with Crippen LogP contribution in [0.15, 0.2) is 235 Å². The Hall–Kier alpha value is -8.14. The Bertz CT molecular complexity index is 3470. The third kappa shape index (κ3) is 5.74. The third-order valence-electron chi connectivity index (χ3n) is 12.2. The summed E-state index contributed by atoms with van der Waals surface area (Å²) in [5.41, 5.74) is 15.5. The molecule has 12 rings (SSSR count). The first-order valence-corrected chi connectivity index (χ1v) is 20.8. The summed E-state index contributed by atoms with van der Waals surface area (Å²) in [5.74, 6) is 0. The van der Waals surface area contributed by atoms with E-state index in [1.165, 1.54) is 66.0 Å². The summed E-state index contributed by atoms with van der Waals surface area (Å²) in [6.07, 6.45) is 0. The Labute approximate surface area is 353 Å². The van der Waals surface area contributed by atoms with Crippen molar-refractivity contribution in [2.45, 2.75) is 0 Å². The Balaban J connectivity index is 1.04. The van der Waals surface area contributed by atoms with Crippen molar-refractivity contribution in [3.63, 3.8) is 0 Å². The molecule has 0 aliphatic carbocycles. The average molecular weight is 779 g/mol. The van der Waals surface area contributed by atoms with Gasteiger partial charge in [-0.15, -0.1) is 0 Å². The van der Waals surface area contributed by atoms with E-state index in [1.54, 1.807) is 0 Å². The zero-order valence-corrected chi connectivity index (χ0v) is 33.2. The molecule has 2 aromatic heterocycles. The number of fused-ring (bicyclic) bond motifs is 8. The maximum absolute atomic E-state index is 6.98. The summed E-state index contributed by atoms with van der Waals surface area (Å²) in [5, 5.41) is 7.05. The number of anilines is 3. The van der Waals surface area contributed by atoms with Gasteiger partial charge in [0.1, 0.15) is 5.58 Å². The van der Waals surface area contributed by atoms with Gasteiger partial charge in [-0.25, -0.2) is 0 Å². The zero-order valence-electron chi connectivity index (χ0n) is 33.2. The van der Waals surface area contributed by atoms with Gasteiger partial charge < -0.3 is 13.9 Å². The lowest BCUT2D eigenvalue weighted by Crippen LogP contribution is -2.10. The molecule has 0 spiro atoms. The van der Waals surface area contributed by atoms with Crippen molar-refractivity contribution >= 4 is 71.6 Å². The van der Waals surface area contributed by atoms with E-state index in [2.05, 4.69) is 240 Å². The molecule has 2 heterocycles. The number of hydrogen-bond acceptors (Lipinski definition) is 2. The maximum Gasteiger partial charge on any atom is 0.159 e. The summed E-state index contributed by atoms with van der Waals surface area (Å²) in [6, 6.07) is 82.6. The topological polar surface area (TPSA) is 21.3 Å². The molecule has 0 amide bonds. The van der Waals surface area contributed by atoms with Crippen LogP contribution in [0.2, 0.25) is 0 Å². The van der Waals surface area contributed by atoms with Crippen molar-refractivity contribution in [3.8, 4) is 39.1 Å². The first-order chi connectivity index (χ1) is 30.3. The largest absolute Gasteiger partial charge is 0.454 e. The van der Waals surface area contributed by atoms with Gasteiger partial charge in [-0.3, -0.25) is 0 Å². The molecule has 3 nitrogen and oxygen atoms in total. The van der Waals surface area contributed by atoms with Crippen LogP contribution in [0.4, 0.5) is 17.1 Å². The van der Waals surface area contributed by atoms with Crippen LogP contribution >= 0.6 is 0 Å². The Morgan fingerprint density at radius 1 is 0.328 bits per heavy atom. The monoisotopic (exact) mass is 778 g/mol. The van der Waals surface area contributed by atoms with Gasteiger partial charge in [0.05, 0.1) is 16.7 Å². The molecule has 0 saturated heterocycles. The van der Waals surface area contributed by atoms with Gasteiger partial charge in [0.25, 0.3) is 0 Å². The second kappa shape index (κ2) is 14.3. The van der Waals surface area contributed by atoms with E-state index in [4.69, 9.17) is 4.42 Å². The van der Waals surface area contributed by atoms with Crippen LogP contribution in [0.3, 0.4) is 0 Å². The minimum atomic E-state index is 0.850. The highest BCUT2D eigenvalue weighted by atomic mass is 16.3. The number of nitrogens with zero attached hydrogens (tertiary/aromatic N) is 2. The van der Waals surface area contributed by atoms with Crippen molar-refractivity contribution in [2.75, 3.05) is 4.90 Å². The van der Waals surface area contributed by atoms with Gasteiger partial charge in [0.2, 0.25) is 0 Å². The fourth-order valence-corrected chi connectivity index (χ4v) is 9.44. The van der Waals surface area contributed by atoms with E-state index >= 15 is 0 Å². The number of benzene rings is 10. The lowest BCUT2D eigenvalue weighted by molar-refractivity contribution is 0.669. The summed E-state index contributed by atoms with van der Waals surface area (Å²) < 4.78 is 9.37. The van der Waals surface area contributed by atoms with Crippen molar-refractivity contribution in [1.29, 1.82) is 0 Å². The number of rotatable bonds is 7. The summed E-state index contributed by atoms with van der Waals surface area (Å²) >= 11 is 0. The minimum Gasteiger partial charge on any atom is -0.454 e. The first kappa shape index (κ1) is 34.9. The molecule has 0 aliphatic heterocycles. The molecule has 0 saturated carbocycles. The van der Waals surface area contributed by atoms with E-state index in [0.29, 0.717) is 0 Å². The highest BCUT2D eigenvalue weighted by Gasteiger charge is 2.22. The van der Waals surface area contributed by atoms with Crippen molar-refractivity contribution in [1.82, 2.24) is 4.57 Å². The SMILES string of the molecule is c1ccc(-c2ccc(N(c3ccc(-c4ccccc4)cc3)c3cccc4c3oc3ccc5c(-c6cccc7c6c6ccccc6n7-c6ccccc6)cccc5c34)cc2)cc1. The molecule has 10 aromatic carbocycles. The number of para-hydroxylation sites is 3. The maximum atomic E-state index is 6.98. The molecule has 0 aliphatic rings. The molecule has 0 atom stereocenters. The third-order valence-corrected chi connectivity index (χ3v) is 12.2. The lowest BCUT2D eigenvalue weighted by Gasteiger charge is -2.26. The highest BCUT2D eigenvalue weighted by molar-refractivity contribution is 6.25. The summed E-state index contributed by atoms with van der Waals surface area (Å²) in [7, 11) is 0. The molecule has 0 unspecified atom stereocenters. The molecule has 3 heteroatoms. The van der Waals surface area contributed by atoms with E-state index < -0.39 is 0 Å². The van der Waals surface area contributed by atoms with Crippen LogP contribution in [0.1, 0.15) is 0 Å². The quantitative estimate of drug-likeness (QED) is 0.161. The van der Waals surface area contributed by atoms with Crippen LogP contribution in [-0.2, 0) is 0 Å². The van der Waals surface area contributed by atoms with Gasteiger partial charge in [-0.1, -0.05) is 170 Å². The van der Waals surface area contributed by atoms with Crippen LogP contribution in [-0.4, -0.2) is 4.57 Å². The first-order valence-electron chi connectivity index (χ1n) is 20.8. The minimum absolute atomic E-state index is 0.850. The van der Waals surface area contributed by atoms with Crippen molar-refractivity contribution < 1.29 is 4.42 Å². The van der Waals surface area contributed by atoms with Gasteiger partial charge in [0.15, 0.2) is 5.58 Å². The second-order valence-electron chi connectivity index (χ2n) is 15.6. The molecule has 61 heavy (non-hydrogen) atoms. The highest BCUT2D eigenvalue weighted by Crippen LogP contribution is 2.46. The molecular formula is C58H38N2O. The van der Waals surface area contributed by atoms with Gasteiger partial charge in [0, 0.05) is 38.6 Å². The molecule has 0 N–H and O–H groups in total. The van der Waals surface area contributed by atoms with Crippen molar-refractivity contribution in [3.05, 3.63) is 231 Å². The van der Waals surface area contributed by atoms with Crippen LogP contribution in [0.5, 0.6) is 0 Å². The van der Waals surface area contributed by atoms with Crippen molar-refractivity contribution in [2.24, 2.45) is 0 Å². The average Bonchev–Trinajstić information content (AvgIpc) is 3.90. The number of aromatic nitrogens is 1. The number of furan rings is 1. The van der Waals surface area contributed by atoms with Crippen LogP contribution in [0.25, 0.3) is 93.6 Å². The molecule has 286 valence electrons. The van der Waals surface area contributed by atoms with Crippen LogP contribution in [0, 0.1) is 0 Å². The van der Waals surface area contributed by atoms with Gasteiger partial charge >= 0.3 is 0 Å². The summed E-state index contributed by atoms with van der Waals surface area (Å²) in [4.78, 5) is 2.32. The Kier molecular flexibility index (Phi) is 8.17. The van der Waals surface area contributed by atoms with E-state index in [1.807, 2.05) is 0 Å². The Morgan fingerprint density at radius 2 is 0.852 bits per heavy atom. The van der Waals surface area contributed by atoms with Crippen LogP contribution < -0.4 is 4.90 Å². The predicted molar refractivity (Wildman–Crippen MR) is 257 cm³/mol. The molecule has 12 aromatic rings. The van der Waals surface area contributed by atoms with Gasteiger partial charge in [-0.2, -0.15) is 0 Å². The fourth-order valence-electron chi connectivity index (χ4n) is 9.44. The van der Waals surface area contributed by atoms with Gasteiger partial charge in [-0.05, 0) is 105 Å².